The summed E-state index contributed by atoms with van der Waals surface area (Å²) >= 11 is 0. The van der Waals surface area contributed by atoms with Gasteiger partial charge in [0.05, 0.1) is 0 Å². The fraction of sp³-hybridized carbons (Fsp3) is 0.286. The van der Waals surface area contributed by atoms with Gasteiger partial charge in [0.2, 0.25) is 0 Å². The van der Waals surface area contributed by atoms with Crippen LogP contribution in [0.5, 0.6) is 0 Å². The van der Waals surface area contributed by atoms with Crippen molar-refractivity contribution in [3.8, 4) is 0 Å². The molecule has 0 aliphatic rings. The Bertz CT molecular complexity index is 836. The highest BCUT2D eigenvalue weighted by Crippen LogP contribution is 2.22. The molecular formula is C21H24N2O4. The lowest BCUT2D eigenvalue weighted by atomic mass is 9.86. The number of carbonyl (C=O) groups is 3. The number of benzene rings is 2. The van der Waals surface area contributed by atoms with E-state index in [0.717, 1.165) is 5.56 Å². The van der Waals surface area contributed by atoms with Crippen LogP contribution in [0.4, 0.5) is 16.2 Å². The van der Waals surface area contributed by atoms with Crippen LogP contribution >= 0.6 is 0 Å². The highest BCUT2D eigenvalue weighted by atomic mass is 16.4. The molecule has 6 heteroatoms. The predicted molar refractivity (Wildman–Crippen MR) is 105 cm³/mol. The van der Waals surface area contributed by atoms with E-state index in [-0.39, 0.29) is 12.2 Å². The van der Waals surface area contributed by atoms with Gasteiger partial charge in [0.25, 0.3) is 0 Å². The zero-order valence-electron chi connectivity index (χ0n) is 15.7. The van der Waals surface area contributed by atoms with E-state index in [2.05, 4.69) is 10.6 Å². The van der Waals surface area contributed by atoms with Crippen LogP contribution < -0.4 is 10.6 Å². The maximum Gasteiger partial charge on any atom is 0.323 e. The molecule has 0 heterocycles. The largest absolute Gasteiger partial charge is 0.481 e. The second-order valence-electron chi connectivity index (χ2n) is 7.33. The highest BCUT2D eigenvalue weighted by Gasteiger charge is 2.22. The zero-order valence-corrected chi connectivity index (χ0v) is 15.7. The third-order valence-corrected chi connectivity index (χ3v) is 3.90. The van der Waals surface area contributed by atoms with Gasteiger partial charge in [-0.15, -0.1) is 0 Å². The van der Waals surface area contributed by atoms with Crippen LogP contribution in [-0.2, 0) is 11.2 Å². The number of carbonyl (C=O) groups excluding carboxylic acids is 2. The minimum atomic E-state index is -0.862. The topological polar surface area (TPSA) is 95.5 Å². The number of hydrogen-bond donors (Lipinski definition) is 3. The number of amides is 2. The van der Waals surface area contributed by atoms with Crippen molar-refractivity contribution in [1.29, 1.82) is 0 Å². The van der Waals surface area contributed by atoms with E-state index in [1.54, 1.807) is 42.5 Å². The number of ketones is 1. The third-order valence-electron chi connectivity index (χ3n) is 3.90. The minimum absolute atomic E-state index is 0.0370. The first-order valence-electron chi connectivity index (χ1n) is 8.69. The maximum atomic E-state index is 12.2. The Morgan fingerprint density at radius 2 is 1.56 bits per heavy atom. The van der Waals surface area contributed by atoms with Gasteiger partial charge < -0.3 is 15.7 Å². The van der Waals surface area contributed by atoms with Crippen molar-refractivity contribution in [3.05, 3.63) is 59.7 Å². The molecule has 0 bridgehead atoms. The SMILES string of the molecule is CC(C)(C)C(=O)c1ccc(NC(=O)Nc2cccc(CCC(=O)O)c2)cc1. The number of aryl methyl sites for hydroxylation is 1. The third kappa shape index (κ3) is 6.26. The summed E-state index contributed by atoms with van der Waals surface area (Å²) < 4.78 is 0. The van der Waals surface area contributed by atoms with E-state index in [1.165, 1.54) is 0 Å². The molecule has 0 unspecified atom stereocenters. The van der Waals surface area contributed by atoms with Crippen molar-refractivity contribution in [1.82, 2.24) is 0 Å². The molecule has 142 valence electrons. The normalized spacial score (nSPS) is 10.9. The number of carboxylic acids is 1. The summed E-state index contributed by atoms with van der Waals surface area (Å²) in [4.78, 5) is 35.0. The maximum absolute atomic E-state index is 12.2. The molecule has 2 amide bonds. The van der Waals surface area contributed by atoms with Crippen LogP contribution in [0.15, 0.2) is 48.5 Å². The molecule has 27 heavy (non-hydrogen) atoms. The van der Waals surface area contributed by atoms with Crippen molar-refractivity contribution in [3.63, 3.8) is 0 Å². The van der Waals surface area contributed by atoms with Gasteiger partial charge in [0, 0.05) is 28.8 Å². The Labute approximate surface area is 158 Å². The van der Waals surface area contributed by atoms with Gasteiger partial charge in [0.1, 0.15) is 0 Å². The number of nitrogens with one attached hydrogen (secondary N) is 2. The lowest BCUT2D eigenvalue weighted by Crippen LogP contribution is -2.21. The smallest absolute Gasteiger partial charge is 0.323 e. The number of carboxylic acid groups (broad SMARTS) is 1. The summed E-state index contributed by atoms with van der Waals surface area (Å²) in [5.74, 6) is -0.823. The van der Waals surface area contributed by atoms with Gasteiger partial charge in [-0.3, -0.25) is 9.59 Å². The van der Waals surface area contributed by atoms with Crippen molar-refractivity contribution in [2.45, 2.75) is 33.6 Å². The number of urea groups is 1. The standard InChI is InChI=1S/C21H24N2O4/c1-21(2,3)19(26)15-8-10-16(11-9-15)22-20(27)23-17-6-4-5-14(13-17)7-12-18(24)25/h4-6,8-11,13H,7,12H2,1-3H3,(H,24,25)(H2,22,23,27). The second-order valence-corrected chi connectivity index (χ2v) is 7.33. The van der Waals surface area contributed by atoms with Gasteiger partial charge in [-0.05, 0) is 48.4 Å². The van der Waals surface area contributed by atoms with E-state index in [9.17, 15) is 14.4 Å². The van der Waals surface area contributed by atoms with Crippen molar-refractivity contribution in [2.24, 2.45) is 5.41 Å². The monoisotopic (exact) mass is 368 g/mol. The van der Waals surface area contributed by atoms with Crippen LogP contribution in [0.1, 0.15) is 43.1 Å². The number of hydrogen-bond acceptors (Lipinski definition) is 3. The van der Waals surface area contributed by atoms with Crippen LogP contribution in [0.25, 0.3) is 0 Å². The molecule has 0 radical (unpaired) electrons. The number of Topliss-reactive ketones (excluding diaryl/α,β-unsaturated/α-hetero) is 1. The Kier molecular flexibility index (Phi) is 6.34. The van der Waals surface area contributed by atoms with Gasteiger partial charge in [-0.25, -0.2) is 4.79 Å². The molecule has 6 nitrogen and oxygen atoms in total. The first-order chi connectivity index (χ1) is 12.6. The second kappa shape index (κ2) is 8.49. The fourth-order valence-electron chi connectivity index (χ4n) is 2.49. The lowest BCUT2D eigenvalue weighted by Gasteiger charge is -2.16. The highest BCUT2D eigenvalue weighted by molar-refractivity contribution is 6.02. The molecule has 0 aliphatic carbocycles. The first kappa shape index (κ1) is 20.2. The van der Waals surface area contributed by atoms with Crippen LogP contribution in [0.2, 0.25) is 0 Å². The van der Waals surface area contributed by atoms with Crippen LogP contribution in [0, 0.1) is 5.41 Å². The Balaban J connectivity index is 1.97. The summed E-state index contributed by atoms with van der Waals surface area (Å²) in [6.07, 6.45) is 0.436. The molecule has 2 aromatic carbocycles. The molecule has 0 aliphatic heterocycles. The molecule has 0 aromatic heterocycles. The summed E-state index contributed by atoms with van der Waals surface area (Å²) in [6.45, 7) is 5.58. The van der Waals surface area contributed by atoms with Crippen molar-refractivity contribution < 1.29 is 19.5 Å². The van der Waals surface area contributed by atoms with E-state index in [4.69, 9.17) is 5.11 Å². The fourth-order valence-corrected chi connectivity index (χ4v) is 2.49. The molecular weight excluding hydrogens is 344 g/mol. The summed E-state index contributed by atoms with van der Waals surface area (Å²) in [7, 11) is 0. The number of anilines is 2. The van der Waals surface area contributed by atoms with Crippen LogP contribution in [0.3, 0.4) is 0 Å². The van der Waals surface area contributed by atoms with Gasteiger partial charge in [-0.2, -0.15) is 0 Å². The predicted octanol–water partition coefficient (Wildman–Crippen LogP) is 4.58. The summed E-state index contributed by atoms with van der Waals surface area (Å²) in [6, 6.07) is 13.4. The lowest BCUT2D eigenvalue weighted by molar-refractivity contribution is -0.136. The molecule has 0 atom stereocenters. The molecule has 0 spiro atoms. The summed E-state index contributed by atoms with van der Waals surface area (Å²) in [5, 5.41) is 14.2. The van der Waals surface area contributed by atoms with E-state index in [0.29, 0.717) is 23.4 Å². The Hall–Kier alpha value is -3.15. The van der Waals surface area contributed by atoms with Crippen molar-refractivity contribution in [2.75, 3.05) is 10.6 Å². The van der Waals surface area contributed by atoms with E-state index in [1.807, 2.05) is 26.8 Å². The average molecular weight is 368 g/mol. The van der Waals surface area contributed by atoms with Crippen molar-refractivity contribution >= 4 is 29.2 Å². The summed E-state index contributed by atoms with van der Waals surface area (Å²) in [5.41, 5.74) is 2.12. The number of rotatable bonds is 6. The minimum Gasteiger partial charge on any atom is -0.481 e. The molecule has 2 rings (SSSR count). The van der Waals surface area contributed by atoms with Gasteiger partial charge >= 0.3 is 12.0 Å². The van der Waals surface area contributed by atoms with Gasteiger partial charge in [-0.1, -0.05) is 32.9 Å². The zero-order chi connectivity index (χ0) is 20.0. The Morgan fingerprint density at radius 3 is 2.15 bits per heavy atom. The molecule has 0 fully saturated rings. The molecule has 0 saturated heterocycles. The average Bonchev–Trinajstić information content (AvgIpc) is 2.59. The Morgan fingerprint density at radius 1 is 0.926 bits per heavy atom. The van der Waals surface area contributed by atoms with E-state index < -0.39 is 17.4 Å². The quantitative estimate of drug-likeness (QED) is 0.651. The van der Waals surface area contributed by atoms with Gasteiger partial charge in [0.15, 0.2) is 5.78 Å². The van der Waals surface area contributed by atoms with Crippen LogP contribution in [-0.4, -0.2) is 22.9 Å². The van der Waals surface area contributed by atoms with E-state index >= 15 is 0 Å². The molecule has 2 aromatic rings. The number of aliphatic carboxylic acids is 1. The first-order valence-corrected chi connectivity index (χ1v) is 8.69. The molecule has 3 N–H and O–H groups in total. The molecule has 0 saturated carbocycles.